The first-order valence-corrected chi connectivity index (χ1v) is 11.4. The second kappa shape index (κ2) is 11.0. The van der Waals surface area contributed by atoms with E-state index in [0.29, 0.717) is 28.9 Å². The molecule has 0 aliphatic heterocycles. The van der Waals surface area contributed by atoms with Gasteiger partial charge in [0.05, 0.1) is 0 Å². The first-order chi connectivity index (χ1) is 16.5. The van der Waals surface area contributed by atoms with Gasteiger partial charge in [0.25, 0.3) is 5.91 Å². The molecule has 0 saturated heterocycles. The Kier molecular flexibility index (Phi) is 7.67. The van der Waals surface area contributed by atoms with E-state index in [0.717, 1.165) is 11.1 Å². The zero-order valence-electron chi connectivity index (χ0n) is 18.4. The fourth-order valence-electron chi connectivity index (χ4n) is 3.21. The third-order valence-corrected chi connectivity index (χ3v) is 5.75. The number of aromatic nitrogens is 3. The second-order valence-corrected chi connectivity index (χ2v) is 8.29. The van der Waals surface area contributed by atoms with Gasteiger partial charge >= 0.3 is 0 Å². The lowest BCUT2D eigenvalue weighted by Crippen LogP contribution is -2.31. The Balaban J connectivity index is 1.55. The quantitative estimate of drug-likeness (QED) is 0.300. The topological polar surface area (TPSA) is 81.1 Å². The molecule has 0 radical (unpaired) electrons. The van der Waals surface area contributed by atoms with E-state index >= 15 is 0 Å². The normalized spacial score (nSPS) is 11.6. The van der Waals surface area contributed by atoms with Gasteiger partial charge in [-0.3, -0.25) is 4.79 Å². The summed E-state index contributed by atoms with van der Waals surface area (Å²) in [4.78, 5) is 17.7. The van der Waals surface area contributed by atoms with Crippen LogP contribution in [0.5, 0.6) is 5.75 Å². The van der Waals surface area contributed by atoms with Crippen LogP contribution in [0.15, 0.2) is 78.9 Å². The summed E-state index contributed by atoms with van der Waals surface area (Å²) in [6.07, 6.45) is -0.790. The highest BCUT2D eigenvalue weighted by atomic mass is 35.5. The summed E-state index contributed by atoms with van der Waals surface area (Å²) < 4.78 is 7.00. The van der Waals surface area contributed by atoms with E-state index in [4.69, 9.17) is 27.9 Å². The van der Waals surface area contributed by atoms with Crippen LogP contribution in [0.4, 0.5) is 11.9 Å². The number of anilines is 2. The molecule has 9 heteroatoms. The average molecular weight is 496 g/mol. The van der Waals surface area contributed by atoms with Crippen LogP contribution in [0.1, 0.15) is 22.8 Å². The Morgan fingerprint density at radius 1 is 0.882 bits per heavy atom. The van der Waals surface area contributed by atoms with Crippen LogP contribution in [0.3, 0.4) is 0 Å². The molecular formula is C25H23Cl2N5O2. The van der Waals surface area contributed by atoms with E-state index in [9.17, 15) is 4.79 Å². The number of nitrogens with one attached hydrogen (secondary N) is 2. The van der Waals surface area contributed by atoms with Gasteiger partial charge in [-0.1, -0.05) is 77.8 Å². The Morgan fingerprint density at radius 3 is 2.06 bits per heavy atom. The van der Waals surface area contributed by atoms with E-state index in [2.05, 4.69) is 20.7 Å². The predicted octanol–water partition coefficient (Wildman–Crippen LogP) is 5.92. The molecule has 7 nitrogen and oxygen atoms in total. The van der Waals surface area contributed by atoms with Crippen molar-refractivity contribution < 1.29 is 9.53 Å². The van der Waals surface area contributed by atoms with E-state index in [1.54, 1.807) is 25.1 Å². The van der Waals surface area contributed by atoms with Crippen molar-refractivity contribution in [3.63, 3.8) is 0 Å². The molecule has 4 aromatic rings. The summed E-state index contributed by atoms with van der Waals surface area (Å²) in [6.45, 7) is 2.44. The zero-order chi connectivity index (χ0) is 23.9. The van der Waals surface area contributed by atoms with Crippen molar-refractivity contribution in [1.29, 1.82) is 0 Å². The molecular weight excluding hydrogens is 473 g/mol. The summed E-state index contributed by atoms with van der Waals surface area (Å²) in [5.74, 6) is 0.770. The number of carbonyl (C=O) groups excluding carboxylic acids is 1. The first-order valence-electron chi connectivity index (χ1n) is 10.7. The number of benzene rings is 3. The molecule has 0 fully saturated rings. The maximum Gasteiger partial charge on any atom is 0.290 e. The van der Waals surface area contributed by atoms with Crippen molar-refractivity contribution in [2.45, 2.75) is 26.1 Å². The molecule has 0 unspecified atom stereocenters. The van der Waals surface area contributed by atoms with Crippen LogP contribution in [0.25, 0.3) is 0 Å². The Hall–Kier alpha value is -3.55. The minimum absolute atomic E-state index is 0.273. The number of ether oxygens (including phenoxy) is 1. The van der Waals surface area contributed by atoms with Crippen LogP contribution in [-0.4, -0.2) is 26.8 Å². The number of hydrogen-bond acceptors (Lipinski definition) is 6. The predicted molar refractivity (Wildman–Crippen MR) is 135 cm³/mol. The molecule has 1 aromatic heterocycles. The van der Waals surface area contributed by atoms with E-state index in [-0.39, 0.29) is 17.8 Å². The van der Waals surface area contributed by atoms with Crippen LogP contribution >= 0.6 is 23.2 Å². The van der Waals surface area contributed by atoms with E-state index < -0.39 is 6.10 Å². The van der Waals surface area contributed by atoms with Gasteiger partial charge in [0, 0.05) is 23.1 Å². The molecule has 0 saturated carbocycles. The fourth-order valence-corrected chi connectivity index (χ4v) is 3.62. The monoisotopic (exact) mass is 495 g/mol. The molecule has 3 aromatic carbocycles. The molecule has 2 N–H and O–H groups in total. The summed E-state index contributed by atoms with van der Waals surface area (Å²) in [5, 5.41) is 11.9. The van der Waals surface area contributed by atoms with Gasteiger partial charge in [-0.25, -0.2) is 0 Å². The molecule has 174 valence electrons. The Morgan fingerprint density at radius 2 is 1.44 bits per heavy atom. The zero-order valence-corrected chi connectivity index (χ0v) is 19.9. The highest BCUT2D eigenvalue weighted by Gasteiger charge is 2.23. The van der Waals surface area contributed by atoms with Crippen molar-refractivity contribution in [3.8, 4) is 5.75 Å². The highest BCUT2D eigenvalue weighted by Crippen LogP contribution is 2.20. The minimum Gasteiger partial charge on any atom is -0.481 e. The number of halogens is 2. The average Bonchev–Trinajstić information content (AvgIpc) is 3.26. The van der Waals surface area contributed by atoms with Gasteiger partial charge in [-0.15, -0.1) is 5.10 Å². The van der Waals surface area contributed by atoms with Gasteiger partial charge in [0.1, 0.15) is 5.75 Å². The maximum atomic E-state index is 13.2. The van der Waals surface area contributed by atoms with Crippen LogP contribution in [-0.2, 0) is 13.1 Å². The smallest absolute Gasteiger partial charge is 0.290 e. The van der Waals surface area contributed by atoms with Gasteiger partial charge in [-0.2, -0.15) is 9.67 Å². The molecule has 4 rings (SSSR count). The first kappa shape index (κ1) is 23.6. The molecule has 0 spiro atoms. The molecule has 0 aliphatic rings. The SMILES string of the molecule is C[C@H](Oc1ccccc1)C(=O)n1nc(NCc2ccccc2Cl)nc1NCc1ccccc1Cl. The lowest BCUT2D eigenvalue weighted by molar-refractivity contribution is 0.0713. The third kappa shape index (κ3) is 5.87. The number of hydrogen-bond donors (Lipinski definition) is 2. The lowest BCUT2D eigenvalue weighted by Gasteiger charge is -2.14. The van der Waals surface area contributed by atoms with Gasteiger partial charge < -0.3 is 15.4 Å². The third-order valence-electron chi connectivity index (χ3n) is 5.01. The number of para-hydroxylation sites is 1. The highest BCUT2D eigenvalue weighted by molar-refractivity contribution is 6.31. The maximum absolute atomic E-state index is 13.2. The Bertz CT molecular complexity index is 1260. The van der Waals surface area contributed by atoms with Crippen LogP contribution < -0.4 is 15.4 Å². The standard InChI is InChI=1S/C25H23Cl2N5O2/c1-17(34-20-11-3-2-4-12-20)23(33)32-25(29-16-19-10-6-8-14-22(19)27)30-24(31-32)28-15-18-9-5-7-13-21(18)26/h2-14,17H,15-16H2,1H3,(H2,28,29,30,31)/t17-/m0/s1. The number of rotatable bonds is 9. The van der Waals surface area contributed by atoms with Crippen LogP contribution in [0, 0.1) is 0 Å². The molecule has 1 heterocycles. The molecule has 0 amide bonds. The summed E-state index contributed by atoms with van der Waals surface area (Å²) in [6, 6.07) is 24.1. The fraction of sp³-hybridized carbons (Fsp3) is 0.160. The van der Waals surface area contributed by atoms with Crippen molar-refractivity contribution in [3.05, 3.63) is 100 Å². The van der Waals surface area contributed by atoms with E-state index in [1.807, 2.05) is 60.7 Å². The van der Waals surface area contributed by atoms with Gasteiger partial charge in [-0.05, 0) is 42.3 Å². The van der Waals surface area contributed by atoms with Crippen molar-refractivity contribution in [1.82, 2.24) is 14.8 Å². The van der Waals surface area contributed by atoms with Crippen molar-refractivity contribution in [2.24, 2.45) is 0 Å². The van der Waals surface area contributed by atoms with E-state index in [1.165, 1.54) is 4.68 Å². The Labute approximate surface area is 207 Å². The summed E-state index contributed by atoms with van der Waals surface area (Å²) >= 11 is 12.5. The molecule has 0 bridgehead atoms. The van der Waals surface area contributed by atoms with Crippen molar-refractivity contribution in [2.75, 3.05) is 10.6 Å². The molecule has 1 atom stereocenters. The molecule has 34 heavy (non-hydrogen) atoms. The second-order valence-electron chi connectivity index (χ2n) is 7.47. The van der Waals surface area contributed by atoms with Gasteiger partial charge in [0.2, 0.25) is 11.9 Å². The summed E-state index contributed by atoms with van der Waals surface area (Å²) in [7, 11) is 0. The largest absolute Gasteiger partial charge is 0.481 e. The van der Waals surface area contributed by atoms with Crippen LogP contribution in [0.2, 0.25) is 10.0 Å². The number of carbonyl (C=O) groups is 1. The van der Waals surface area contributed by atoms with Gasteiger partial charge in [0.15, 0.2) is 6.10 Å². The molecule has 0 aliphatic carbocycles. The summed E-state index contributed by atoms with van der Waals surface area (Å²) in [5.41, 5.74) is 1.75. The van der Waals surface area contributed by atoms with Crippen molar-refractivity contribution >= 4 is 41.0 Å². The number of nitrogens with zero attached hydrogens (tertiary/aromatic N) is 3. The minimum atomic E-state index is -0.790. The lowest BCUT2D eigenvalue weighted by atomic mass is 10.2.